The van der Waals surface area contributed by atoms with E-state index >= 15 is 0 Å². The van der Waals surface area contributed by atoms with Crippen molar-refractivity contribution in [1.82, 2.24) is 10.6 Å². The van der Waals surface area contributed by atoms with Crippen LogP contribution in [0.15, 0.2) is 12.2 Å². The normalized spacial score (nSPS) is 19.0. The molecule has 0 aliphatic carbocycles. The third-order valence-corrected chi connectivity index (χ3v) is 4.10. The number of allylic oxidation sites excluding steroid dienone is 1. The molecule has 1 atom stereocenters. The Kier molecular flexibility index (Phi) is 10.4. The van der Waals surface area contributed by atoms with Crippen molar-refractivity contribution in [2.45, 2.75) is 83.6 Å². The van der Waals surface area contributed by atoms with Crippen molar-refractivity contribution in [1.29, 1.82) is 0 Å². The number of amides is 2. The van der Waals surface area contributed by atoms with E-state index < -0.39 is 0 Å². The van der Waals surface area contributed by atoms with Crippen LogP contribution >= 0.6 is 0 Å². The van der Waals surface area contributed by atoms with E-state index in [9.17, 15) is 9.59 Å². The summed E-state index contributed by atoms with van der Waals surface area (Å²) in [5.41, 5.74) is 0. The number of unbranched alkanes of at least 4 members (excludes halogenated alkanes) is 7. The predicted molar refractivity (Wildman–Crippen MR) is 90.5 cm³/mol. The van der Waals surface area contributed by atoms with E-state index in [2.05, 4.69) is 17.6 Å². The smallest absolute Gasteiger partial charge is 0.244 e. The highest BCUT2D eigenvalue weighted by atomic mass is 16.2. The van der Waals surface area contributed by atoms with E-state index in [1.807, 2.05) is 6.08 Å². The van der Waals surface area contributed by atoms with Gasteiger partial charge in [0, 0.05) is 6.54 Å². The van der Waals surface area contributed by atoms with Gasteiger partial charge in [0.05, 0.1) is 0 Å². The first-order chi connectivity index (χ1) is 10.7. The minimum atomic E-state index is -0.363. The molecule has 2 N–H and O–H groups in total. The van der Waals surface area contributed by atoms with E-state index in [1.165, 1.54) is 38.5 Å². The number of carbonyl (C=O) groups excluding carboxylic acids is 2. The molecule has 22 heavy (non-hydrogen) atoms. The summed E-state index contributed by atoms with van der Waals surface area (Å²) in [4.78, 5) is 23.5. The lowest BCUT2D eigenvalue weighted by atomic mass is 10.1. The molecule has 1 aliphatic heterocycles. The maximum absolute atomic E-state index is 11.8. The fraction of sp³-hybridized carbons (Fsp3) is 0.778. The number of hydrogen-bond acceptors (Lipinski definition) is 2. The van der Waals surface area contributed by atoms with Gasteiger partial charge in [0.2, 0.25) is 11.8 Å². The lowest BCUT2D eigenvalue weighted by molar-refractivity contribution is -0.126. The van der Waals surface area contributed by atoms with E-state index in [0.717, 1.165) is 38.6 Å². The molecule has 0 bridgehead atoms. The van der Waals surface area contributed by atoms with Crippen molar-refractivity contribution < 1.29 is 9.59 Å². The average molecular weight is 308 g/mol. The topological polar surface area (TPSA) is 58.2 Å². The monoisotopic (exact) mass is 308 g/mol. The van der Waals surface area contributed by atoms with Gasteiger partial charge in [-0.05, 0) is 38.2 Å². The Hall–Kier alpha value is -1.32. The van der Waals surface area contributed by atoms with Gasteiger partial charge < -0.3 is 10.6 Å². The fourth-order valence-electron chi connectivity index (χ4n) is 2.71. The fourth-order valence-corrected chi connectivity index (χ4v) is 2.71. The predicted octanol–water partition coefficient (Wildman–Crippen LogP) is 3.47. The van der Waals surface area contributed by atoms with E-state index in [1.54, 1.807) is 6.08 Å². The van der Waals surface area contributed by atoms with Gasteiger partial charge in [-0.2, -0.15) is 0 Å². The molecule has 4 nitrogen and oxygen atoms in total. The van der Waals surface area contributed by atoms with Crippen LogP contribution in [0.4, 0.5) is 0 Å². The van der Waals surface area contributed by atoms with Gasteiger partial charge in [-0.1, -0.05) is 51.5 Å². The maximum atomic E-state index is 11.8. The molecular formula is C18H32N2O2. The van der Waals surface area contributed by atoms with Gasteiger partial charge in [0.1, 0.15) is 6.04 Å². The molecule has 0 aromatic rings. The summed E-state index contributed by atoms with van der Waals surface area (Å²) >= 11 is 0. The summed E-state index contributed by atoms with van der Waals surface area (Å²) in [5.74, 6) is -0.198. The Bertz CT molecular complexity index is 353. The second kappa shape index (κ2) is 12.2. The van der Waals surface area contributed by atoms with Crippen LogP contribution in [0.25, 0.3) is 0 Å². The minimum absolute atomic E-state index is 0.0497. The SMILES string of the molecule is CCCCCCCCC/C=C/C(=O)N[C@H]1CCCCNC1=O. The van der Waals surface area contributed by atoms with E-state index in [-0.39, 0.29) is 17.9 Å². The van der Waals surface area contributed by atoms with Crippen LogP contribution in [-0.4, -0.2) is 24.4 Å². The van der Waals surface area contributed by atoms with Crippen molar-refractivity contribution in [3.63, 3.8) is 0 Å². The second-order valence-corrected chi connectivity index (χ2v) is 6.16. The standard InChI is InChI=1S/C18H32N2O2/c1-2-3-4-5-6-7-8-9-10-14-17(21)20-16-13-11-12-15-19-18(16)22/h10,14,16H,2-9,11-13,15H2,1H3,(H,19,22)(H,20,21)/b14-10+/t16-/m0/s1. The first-order valence-electron chi connectivity index (χ1n) is 8.98. The van der Waals surface area contributed by atoms with Crippen molar-refractivity contribution in [3.8, 4) is 0 Å². The molecule has 4 heteroatoms. The lowest BCUT2D eigenvalue weighted by Gasteiger charge is -2.13. The van der Waals surface area contributed by atoms with Gasteiger partial charge in [-0.3, -0.25) is 9.59 Å². The quantitative estimate of drug-likeness (QED) is 0.479. The van der Waals surface area contributed by atoms with Crippen molar-refractivity contribution >= 4 is 11.8 Å². The zero-order valence-corrected chi connectivity index (χ0v) is 14.0. The minimum Gasteiger partial charge on any atom is -0.354 e. The van der Waals surface area contributed by atoms with Crippen LogP contribution in [0.2, 0.25) is 0 Å². The number of carbonyl (C=O) groups is 2. The maximum Gasteiger partial charge on any atom is 0.244 e. The Balaban J connectivity index is 2.07. The van der Waals surface area contributed by atoms with Gasteiger partial charge in [-0.25, -0.2) is 0 Å². The first-order valence-corrected chi connectivity index (χ1v) is 8.98. The van der Waals surface area contributed by atoms with Gasteiger partial charge >= 0.3 is 0 Å². The molecule has 0 unspecified atom stereocenters. The molecule has 126 valence electrons. The summed E-state index contributed by atoms with van der Waals surface area (Å²) in [6.45, 7) is 2.95. The largest absolute Gasteiger partial charge is 0.354 e. The Labute approximate surface area is 135 Å². The highest BCUT2D eigenvalue weighted by Crippen LogP contribution is 2.09. The molecule has 1 aliphatic rings. The molecule has 0 aromatic carbocycles. The highest BCUT2D eigenvalue weighted by molar-refractivity contribution is 5.92. The highest BCUT2D eigenvalue weighted by Gasteiger charge is 2.21. The zero-order chi connectivity index (χ0) is 16.0. The van der Waals surface area contributed by atoms with Crippen LogP contribution in [0.3, 0.4) is 0 Å². The molecule has 1 heterocycles. The van der Waals surface area contributed by atoms with Crippen molar-refractivity contribution in [2.75, 3.05) is 6.54 Å². The summed E-state index contributed by atoms with van der Waals surface area (Å²) in [7, 11) is 0. The zero-order valence-electron chi connectivity index (χ0n) is 14.0. The van der Waals surface area contributed by atoms with E-state index in [4.69, 9.17) is 0 Å². The summed E-state index contributed by atoms with van der Waals surface area (Å²) in [6.07, 6.45) is 16.1. The molecule has 1 rings (SSSR count). The van der Waals surface area contributed by atoms with Gasteiger partial charge in [0.25, 0.3) is 0 Å². The molecule has 0 radical (unpaired) electrons. The van der Waals surface area contributed by atoms with Gasteiger partial charge in [-0.15, -0.1) is 0 Å². The van der Waals surface area contributed by atoms with Crippen LogP contribution in [0.5, 0.6) is 0 Å². The molecule has 0 aromatic heterocycles. The van der Waals surface area contributed by atoms with Crippen LogP contribution < -0.4 is 10.6 Å². The van der Waals surface area contributed by atoms with Crippen LogP contribution in [0, 0.1) is 0 Å². The second-order valence-electron chi connectivity index (χ2n) is 6.16. The molecular weight excluding hydrogens is 276 g/mol. The number of hydrogen-bond donors (Lipinski definition) is 2. The molecule has 1 saturated heterocycles. The average Bonchev–Trinajstić information content (AvgIpc) is 2.71. The molecule has 0 saturated carbocycles. The van der Waals surface area contributed by atoms with E-state index in [0.29, 0.717) is 0 Å². The van der Waals surface area contributed by atoms with Crippen molar-refractivity contribution in [3.05, 3.63) is 12.2 Å². The lowest BCUT2D eigenvalue weighted by Crippen LogP contribution is -2.44. The number of rotatable bonds is 10. The Morgan fingerprint density at radius 1 is 1.18 bits per heavy atom. The molecule has 2 amide bonds. The molecule has 0 spiro atoms. The van der Waals surface area contributed by atoms with Crippen LogP contribution in [0.1, 0.15) is 77.6 Å². The third-order valence-electron chi connectivity index (χ3n) is 4.10. The Morgan fingerprint density at radius 2 is 1.91 bits per heavy atom. The first kappa shape index (κ1) is 18.7. The Morgan fingerprint density at radius 3 is 2.68 bits per heavy atom. The molecule has 1 fully saturated rings. The van der Waals surface area contributed by atoms with Gasteiger partial charge in [0.15, 0.2) is 0 Å². The van der Waals surface area contributed by atoms with Crippen molar-refractivity contribution in [2.24, 2.45) is 0 Å². The third kappa shape index (κ3) is 8.85. The summed E-state index contributed by atoms with van der Waals surface area (Å²) in [5, 5.41) is 5.62. The van der Waals surface area contributed by atoms with Crippen LogP contribution in [-0.2, 0) is 9.59 Å². The summed E-state index contributed by atoms with van der Waals surface area (Å²) < 4.78 is 0. The summed E-state index contributed by atoms with van der Waals surface area (Å²) in [6, 6.07) is -0.363. The number of nitrogens with one attached hydrogen (secondary N) is 2.